The molecule has 0 spiro atoms. The molecule has 2 aromatic carbocycles. The van der Waals surface area contributed by atoms with Gasteiger partial charge in [-0.3, -0.25) is 4.79 Å². The fraction of sp³-hybridized carbons (Fsp3) is 0.333. The number of hydrogen-bond acceptors (Lipinski definition) is 3. The van der Waals surface area contributed by atoms with Crippen LogP contribution in [0.15, 0.2) is 48.5 Å². The van der Waals surface area contributed by atoms with Gasteiger partial charge in [-0.05, 0) is 61.6 Å². The molecule has 0 aliphatic heterocycles. The summed E-state index contributed by atoms with van der Waals surface area (Å²) in [6, 6.07) is 17.3. The molecule has 25 heavy (non-hydrogen) atoms. The summed E-state index contributed by atoms with van der Waals surface area (Å²) in [6.07, 6.45) is 2.81. The number of carbonyl (C=O) groups is 1. The Hall–Kier alpha value is -2.80. The highest BCUT2D eigenvalue weighted by Crippen LogP contribution is 2.30. The van der Waals surface area contributed by atoms with Crippen LogP contribution >= 0.6 is 0 Å². The number of carbonyl (C=O) groups excluding carboxylic acids is 1. The van der Waals surface area contributed by atoms with Crippen LogP contribution in [0, 0.1) is 11.3 Å². The van der Waals surface area contributed by atoms with E-state index >= 15 is 0 Å². The lowest BCUT2D eigenvalue weighted by molar-refractivity contribution is -0.127. The number of nitriles is 1. The molecule has 0 heterocycles. The third-order valence-corrected chi connectivity index (χ3v) is 4.68. The number of nitrogens with one attached hydrogen (secondary N) is 1. The maximum atomic E-state index is 12.3. The smallest absolute Gasteiger partial charge is 0.260 e. The molecule has 1 aliphatic rings. The van der Waals surface area contributed by atoms with Crippen molar-refractivity contribution in [3.63, 3.8) is 0 Å². The van der Waals surface area contributed by atoms with Crippen molar-refractivity contribution in [3.8, 4) is 11.8 Å². The molecule has 4 nitrogen and oxygen atoms in total. The molecular weight excluding hydrogens is 312 g/mol. The van der Waals surface area contributed by atoms with Crippen molar-refractivity contribution in [1.82, 2.24) is 5.32 Å². The first kappa shape index (κ1) is 17.0. The van der Waals surface area contributed by atoms with Gasteiger partial charge in [0.15, 0.2) is 6.10 Å². The van der Waals surface area contributed by atoms with E-state index in [0.717, 1.165) is 19.3 Å². The highest BCUT2D eigenvalue weighted by molar-refractivity contribution is 5.80. The van der Waals surface area contributed by atoms with Gasteiger partial charge in [-0.1, -0.05) is 24.3 Å². The summed E-state index contributed by atoms with van der Waals surface area (Å²) < 4.78 is 5.66. The minimum atomic E-state index is -0.577. The molecule has 2 atom stereocenters. The molecule has 2 unspecified atom stereocenters. The van der Waals surface area contributed by atoms with Crippen LogP contribution in [0.2, 0.25) is 0 Å². The first-order valence-corrected chi connectivity index (χ1v) is 8.69. The first-order valence-electron chi connectivity index (χ1n) is 8.69. The third-order valence-electron chi connectivity index (χ3n) is 4.68. The van der Waals surface area contributed by atoms with Crippen LogP contribution in [0.5, 0.6) is 5.75 Å². The van der Waals surface area contributed by atoms with Gasteiger partial charge in [0.1, 0.15) is 5.75 Å². The van der Waals surface area contributed by atoms with E-state index in [9.17, 15) is 4.79 Å². The Morgan fingerprint density at radius 3 is 2.80 bits per heavy atom. The zero-order valence-corrected chi connectivity index (χ0v) is 14.4. The van der Waals surface area contributed by atoms with Crippen molar-refractivity contribution in [3.05, 3.63) is 65.2 Å². The maximum absolute atomic E-state index is 12.3. The van der Waals surface area contributed by atoms with E-state index < -0.39 is 6.10 Å². The Kier molecular flexibility index (Phi) is 5.35. The van der Waals surface area contributed by atoms with Crippen molar-refractivity contribution in [1.29, 1.82) is 5.26 Å². The van der Waals surface area contributed by atoms with Crippen molar-refractivity contribution < 1.29 is 9.53 Å². The summed E-state index contributed by atoms with van der Waals surface area (Å²) in [7, 11) is 0. The van der Waals surface area contributed by atoms with E-state index in [1.165, 1.54) is 11.1 Å². The van der Waals surface area contributed by atoms with Gasteiger partial charge in [-0.25, -0.2) is 0 Å². The van der Waals surface area contributed by atoms with Crippen LogP contribution < -0.4 is 10.1 Å². The summed E-state index contributed by atoms with van der Waals surface area (Å²) in [5.41, 5.74) is 3.32. The lowest BCUT2D eigenvalue weighted by Crippen LogP contribution is -2.38. The SMILES string of the molecule is CC(Oc1ccc(C#N)cc1)C(=O)NCC1CCCc2ccccc21. The van der Waals surface area contributed by atoms with E-state index in [1.807, 2.05) is 0 Å². The molecule has 0 fully saturated rings. The molecule has 0 bridgehead atoms. The Bertz CT molecular complexity index is 777. The summed E-state index contributed by atoms with van der Waals surface area (Å²) >= 11 is 0. The molecule has 1 aliphatic carbocycles. The standard InChI is InChI=1S/C21H22N2O2/c1-15(25-19-11-9-16(13-22)10-12-19)21(24)23-14-18-7-4-6-17-5-2-3-8-20(17)18/h2-3,5,8-12,15,18H,4,6-7,14H2,1H3,(H,23,24). The van der Waals surface area contributed by atoms with Gasteiger partial charge in [0.2, 0.25) is 0 Å². The number of ether oxygens (including phenoxy) is 1. The van der Waals surface area contributed by atoms with Crippen molar-refractivity contribution in [2.75, 3.05) is 6.54 Å². The second-order valence-corrected chi connectivity index (χ2v) is 6.43. The van der Waals surface area contributed by atoms with E-state index in [4.69, 9.17) is 10.00 Å². The Balaban J connectivity index is 1.55. The molecule has 0 saturated heterocycles. The molecule has 2 aromatic rings. The molecule has 4 heteroatoms. The van der Waals surface area contributed by atoms with Gasteiger partial charge in [0.05, 0.1) is 11.6 Å². The minimum absolute atomic E-state index is 0.118. The Labute approximate surface area is 148 Å². The zero-order valence-electron chi connectivity index (χ0n) is 14.4. The molecule has 0 radical (unpaired) electrons. The van der Waals surface area contributed by atoms with E-state index in [-0.39, 0.29) is 5.91 Å². The molecule has 128 valence electrons. The van der Waals surface area contributed by atoms with Gasteiger partial charge in [0.25, 0.3) is 5.91 Å². The normalized spacial score (nSPS) is 17.0. The number of hydrogen-bond donors (Lipinski definition) is 1. The van der Waals surface area contributed by atoms with Crippen LogP contribution in [0.3, 0.4) is 0 Å². The van der Waals surface area contributed by atoms with Gasteiger partial charge in [-0.15, -0.1) is 0 Å². The fourth-order valence-electron chi connectivity index (χ4n) is 3.30. The second kappa shape index (κ2) is 7.85. The predicted octanol–water partition coefficient (Wildman–Crippen LogP) is 3.56. The van der Waals surface area contributed by atoms with Crippen molar-refractivity contribution in [2.24, 2.45) is 0 Å². The zero-order chi connectivity index (χ0) is 17.6. The molecular formula is C21H22N2O2. The molecule has 0 saturated carbocycles. The average Bonchev–Trinajstić information content (AvgIpc) is 2.66. The number of aryl methyl sites for hydroxylation is 1. The number of fused-ring (bicyclic) bond motifs is 1. The van der Waals surface area contributed by atoms with Crippen molar-refractivity contribution >= 4 is 5.91 Å². The largest absolute Gasteiger partial charge is 0.481 e. The predicted molar refractivity (Wildman–Crippen MR) is 96.4 cm³/mol. The molecule has 0 aromatic heterocycles. The minimum Gasteiger partial charge on any atom is -0.481 e. The quantitative estimate of drug-likeness (QED) is 0.909. The molecule has 1 N–H and O–H groups in total. The van der Waals surface area contributed by atoms with Gasteiger partial charge >= 0.3 is 0 Å². The average molecular weight is 334 g/mol. The monoisotopic (exact) mass is 334 g/mol. The highest BCUT2D eigenvalue weighted by Gasteiger charge is 2.22. The van der Waals surface area contributed by atoms with Crippen LogP contribution in [0.25, 0.3) is 0 Å². The van der Waals surface area contributed by atoms with Gasteiger partial charge in [-0.2, -0.15) is 5.26 Å². The van der Waals surface area contributed by atoms with Crippen LogP contribution in [-0.4, -0.2) is 18.6 Å². The second-order valence-electron chi connectivity index (χ2n) is 6.43. The van der Waals surface area contributed by atoms with Crippen LogP contribution in [0.1, 0.15) is 42.4 Å². The number of rotatable bonds is 5. The lowest BCUT2D eigenvalue weighted by Gasteiger charge is -2.26. The van der Waals surface area contributed by atoms with E-state index in [1.54, 1.807) is 31.2 Å². The summed E-state index contributed by atoms with van der Waals surface area (Å²) in [5, 5.41) is 11.8. The summed E-state index contributed by atoms with van der Waals surface area (Å²) in [4.78, 5) is 12.3. The topological polar surface area (TPSA) is 62.1 Å². The number of nitrogens with zero attached hydrogens (tertiary/aromatic N) is 1. The van der Waals surface area contributed by atoms with Gasteiger partial charge in [0, 0.05) is 12.5 Å². The number of benzene rings is 2. The first-order chi connectivity index (χ1) is 12.2. The lowest BCUT2D eigenvalue weighted by atomic mass is 9.83. The summed E-state index contributed by atoms with van der Waals surface area (Å²) in [6.45, 7) is 2.37. The Morgan fingerprint density at radius 2 is 2.04 bits per heavy atom. The Morgan fingerprint density at radius 1 is 1.28 bits per heavy atom. The van der Waals surface area contributed by atoms with Crippen LogP contribution in [0.4, 0.5) is 0 Å². The molecule has 1 amide bonds. The number of amides is 1. The van der Waals surface area contributed by atoms with Gasteiger partial charge < -0.3 is 10.1 Å². The van der Waals surface area contributed by atoms with E-state index in [0.29, 0.717) is 23.8 Å². The highest BCUT2D eigenvalue weighted by atomic mass is 16.5. The summed E-state index contributed by atoms with van der Waals surface area (Å²) in [5.74, 6) is 0.841. The molecule has 3 rings (SSSR count). The van der Waals surface area contributed by atoms with Crippen molar-refractivity contribution in [2.45, 2.75) is 38.2 Å². The van der Waals surface area contributed by atoms with Crippen LogP contribution in [-0.2, 0) is 11.2 Å². The third kappa shape index (κ3) is 4.19. The van der Waals surface area contributed by atoms with E-state index in [2.05, 4.69) is 35.7 Å². The fourth-order valence-corrected chi connectivity index (χ4v) is 3.30. The maximum Gasteiger partial charge on any atom is 0.260 e.